The van der Waals surface area contributed by atoms with Gasteiger partial charge in [0.2, 0.25) is 0 Å². The van der Waals surface area contributed by atoms with E-state index in [0.29, 0.717) is 0 Å². The van der Waals surface area contributed by atoms with Crippen molar-refractivity contribution in [2.75, 3.05) is 4.90 Å². The highest BCUT2D eigenvalue weighted by Crippen LogP contribution is 2.44. The van der Waals surface area contributed by atoms with Crippen molar-refractivity contribution in [2.24, 2.45) is 0 Å². The van der Waals surface area contributed by atoms with Crippen LogP contribution >= 0.6 is 22.7 Å². The van der Waals surface area contributed by atoms with Crippen molar-refractivity contribution in [1.29, 1.82) is 0 Å². The standard InChI is InChI=1S/C40H25NS2/c1-2-12-28(13-3-1)41(30-21-22-33-32-15-4-6-18-35(32)43-38(33)25-30)29-14-8-11-27(24-29)31-17-9-10-26-20-23-37-40(39(26)31)34-16-5-7-19-36(34)42-37/h1-25H. The summed E-state index contributed by atoms with van der Waals surface area (Å²) in [7, 11) is 0. The molecule has 0 bridgehead atoms. The molecule has 0 atom stereocenters. The van der Waals surface area contributed by atoms with E-state index in [1.165, 1.54) is 62.2 Å². The number of para-hydroxylation sites is 1. The van der Waals surface area contributed by atoms with Gasteiger partial charge in [-0.1, -0.05) is 97.1 Å². The topological polar surface area (TPSA) is 3.24 Å². The van der Waals surface area contributed by atoms with Gasteiger partial charge in [0.15, 0.2) is 0 Å². The van der Waals surface area contributed by atoms with Gasteiger partial charge >= 0.3 is 0 Å². The van der Waals surface area contributed by atoms with Crippen molar-refractivity contribution >= 4 is 90.9 Å². The smallest absolute Gasteiger partial charge is 0.0476 e. The van der Waals surface area contributed by atoms with Crippen LogP contribution in [0.5, 0.6) is 0 Å². The normalized spacial score (nSPS) is 11.7. The van der Waals surface area contributed by atoms with Crippen molar-refractivity contribution in [3.8, 4) is 11.1 Å². The van der Waals surface area contributed by atoms with Gasteiger partial charge in [0, 0.05) is 57.4 Å². The summed E-state index contributed by atoms with van der Waals surface area (Å²) in [6.07, 6.45) is 0. The zero-order chi connectivity index (χ0) is 28.3. The molecule has 0 aliphatic rings. The molecule has 9 aromatic rings. The number of hydrogen-bond donors (Lipinski definition) is 0. The van der Waals surface area contributed by atoms with Crippen LogP contribution in [0.25, 0.3) is 62.2 Å². The predicted molar refractivity (Wildman–Crippen MR) is 190 cm³/mol. The third-order valence-corrected chi connectivity index (χ3v) is 10.7. The Bertz CT molecular complexity index is 2470. The van der Waals surface area contributed by atoms with Crippen LogP contribution in [0.1, 0.15) is 0 Å². The number of thiophene rings is 2. The van der Waals surface area contributed by atoms with Crippen LogP contribution in [0.3, 0.4) is 0 Å². The predicted octanol–water partition coefficient (Wildman–Crippen LogP) is 12.7. The Balaban J connectivity index is 1.26. The molecule has 0 saturated heterocycles. The first-order chi connectivity index (χ1) is 21.3. The molecule has 0 fully saturated rings. The number of fused-ring (bicyclic) bond motifs is 8. The first-order valence-electron chi connectivity index (χ1n) is 14.5. The summed E-state index contributed by atoms with van der Waals surface area (Å²) in [5.41, 5.74) is 5.93. The molecular formula is C40H25NS2. The van der Waals surface area contributed by atoms with Crippen molar-refractivity contribution in [3.05, 3.63) is 152 Å². The van der Waals surface area contributed by atoms with Crippen LogP contribution in [-0.2, 0) is 0 Å². The maximum absolute atomic E-state index is 2.38. The highest BCUT2D eigenvalue weighted by molar-refractivity contribution is 7.26. The molecule has 0 radical (unpaired) electrons. The Morgan fingerprint density at radius 3 is 1.93 bits per heavy atom. The molecule has 3 heteroatoms. The number of hydrogen-bond acceptors (Lipinski definition) is 3. The molecule has 43 heavy (non-hydrogen) atoms. The third kappa shape index (κ3) is 3.97. The lowest BCUT2D eigenvalue weighted by Gasteiger charge is -2.26. The summed E-state index contributed by atoms with van der Waals surface area (Å²) in [5, 5.41) is 7.93. The van der Waals surface area contributed by atoms with Crippen LogP contribution in [0, 0.1) is 0 Å². The molecule has 0 aliphatic heterocycles. The Labute approximate surface area is 257 Å². The van der Waals surface area contributed by atoms with E-state index in [4.69, 9.17) is 0 Å². The minimum absolute atomic E-state index is 1.14. The van der Waals surface area contributed by atoms with Crippen LogP contribution in [0.15, 0.2) is 152 Å². The molecule has 1 nitrogen and oxygen atoms in total. The molecule has 0 saturated carbocycles. The second-order valence-electron chi connectivity index (χ2n) is 10.9. The van der Waals surface area contributed by atoms with E-state index in [1.54, 1.807) is 0 Å². The third-order valence-electron chi connectivity index (χ3n) is 8.43. The second-order valence-corrected chi connectivity index (χ2v) is 13.1. The van der Waals surface area contributed by atoms with Gasteiger partial charge in [-0.05, 0) is 76.5 Å². The number of anilines is 3. The average Bonchev–Trinajstić information content (AvgIpc) is 3.63. The van der Waals surface area contributed by atoms with Crippen molar-refractivity contribution in [2.45, 2.75) is 0 Å². The van der Waals surface area contributed by atoms with Gasteiger partial charge in [0.1, 0.15) is 0 Å². The number of nitrogens with zero attached hydrogens (tertiary/aromatic N) is 1. The van der Waals surface area contributed by atoms with Gasteiger partial charge in [-0.15, -0.1) is 22.7 Å². The lowest BCUT2D eigenvalue weighted by Crippen LogP contribution is -2.09. The Kier molecular flexibility index (Phi) is 5.62. The molecule has 7 aromatic carbocycles. The highest BCUT2D eigenvalue weighted by atomic mass is 32.1. The van der Waals surface area contributed by atoms with E-state index in [1.807, 2.05) is 22.7 Å². The zero-order valence-corrected chi connectivity index (χ0v) is 24.8. The van der Waals surface area contributed by atoms with Crippen LogP contribution in [0.4, 0.5) is 17.1 Å². The summed E-state index contributed by atoms with van der Waals surface area (Å²) in [5.74, 6) is 0. The van der Waals surface area contributed by atoms with Crippen LogP contribution in [-0.4, -0.2) is 0 Å². The fourth-order valence-corrected chi connectivity index (χ4v) is 8.78. The number of benzene rings is 7. The SMILES string of the molecule is c1ccc(N(c2cccc(-c3cccc4ccc5sc6ccccc6c5c34)c2)c2ccc3c(c2)sc2ccccc23)cc1. The molecule has 0 aliphatic carbocycles. The summed E-state index contributed by atoms with van der Waals surface area (Å²) in [4.78, 5) is 2.38. The fourth-order valence-electron chi connectivity index (χ4n) is 6.52. The Morgan fingerprint density at radius 2 is 1.05 bits per heavy atom. The maximum atomic E-state index is 2.38. The molecular weight excluding hydrogens is 559 g/mol. The van der Waals surface area contributed by atoms with E-state index in [9.17, 15) is 0 Å². The van der Waals surface area contributed by atoms with Crippen molar-refractivity contribution in [3.63, 3.8) is 0 Å². The molecule has 0 amide bonds. The van der Waals surface area contributed by atoms with E-state index in [2.05, 4.69) is 157 Å². The number of rotatable bonds is 4. The Morgan fingerprint density at radius 1 is 0.372 bits per heavy atom. The largest absolute Gasteiger partial charge is 0.310 e. The first kappa shape index (κ1) is 24.6. The van der Waals surface area contributed by atoms with Gasteiger partial charge in [-0.25, -0.2) is 0 Å². The molecule has 0 N–H and O–H groups in total. The quantitative estimate of drug-likeness (QED) is 0.199. The average molecular weight is 584 g/mol. The van der Waals surface area contributed by atoms with E-state index >= 15 is 0 Å². The summed E-state index contributed by atoms with van der Waals surface area (Å²) >= 11 is 3.74. The molecule has 9 rings (SSSR count). The summed E-state index contributed by atoms with van der Waals surface area (Å²) in [6, 6.07) is 55.4. The maximum Gasteiger partial charge on any atom is 0.0476 e. The molecule has 0 unspecified atom stereocenters. The molecule has 2 heterocycles. The van der Waals surface area contributed by atoms with Gasteiger partial charge in [-0.3, -0.25) is 0 Å². The van der Waals surface area contributed by atoms with Crippen LogP contribution < -0.4 is 4.90 Å². The van der Waals surface area contributed by atoms with Gasteiger partial charge in [0.05, 0.1) is 0 Å². The lowest BCUT2D eigenvalue weighted by molar-refractivity contribution is 1.29. The van der Waals surface area contributed by atoms with Crippen molar-refractivity contribution < 1.29 is 0 Å². The van der Waals surface area contributed by atoms with E-state index in [-0.39, 0.29) is 0 Å². The van der Waals surface area contributed by atoms with E-state index in [0.717, 1.165) is 17.1 Å². The van der Waals surface area contributed by atoms with Crippen LogP contribution in [0.2, 0.25) is 0 Å². The van der Waals surface area contributed by atoms with E-state index < -0.39 is 0 Å². The molecule has 0 spiro atoms. The minimum atomic E-state index is 1.14. The highest BCUT2D eigenvalue weighted by Gasteiger charge is 2.17. The van der Waals surface area contributed by atoms with Gasteiger partial charge < -0.3 is 4.90 Å². The molecule has 2 aromatic heterocycles. The van der Waals surface area contributed by atoms with Gasteiger partial charge in [-0.2, -0.15) is 0 Å². The van der Waals surface area contributed by atoms with Gasteiger partial charge in [0.25, 0.3) is 0 Å². The monoisotopic (exact) mass is 583 g/mol. The lowest BCUT2D eigenvalue weighted by atomic mass is 9.94. The summed E-state index contributed by atoms with van der Waals surface area (Å²) < 4.78 is 5.29. The first-order valence-corrected chi connectivity index (χ1v) is 16.1. The van der Waals surface area contributed by atoms with Crippen molar-refractivity contribution in [1.82, 2.24) is 0 Å². The second kappa shape index (κ2) is 9.81. The minimum Gasteiger partial charge on any atom is -0.310 e. The fraction of sp³-hybridized carbons (Fsp3) is 0. The zero-order valence-electron chi connectivity index (χ0n) is 23.2. The Hall–Kier alpha value is -4.96. The summed E-state index contributed by atoms with van der Waals surface area (Å²) in [6.45, 7) is 0. The molecule has 202 valence electrons.